The minimum atomic E-state index is 0.379. The van der Waals surface area contributed by atoms with E-state index >= 15 is 0 Å². The second-order valence-corrected chi connectivity index (χ2v) is 10.2. The van der Waals surface area contributed by atoms with Gasteiger partial charge in [0, 0.05) is 50.3 Å². The molecule has 2 aliphatic heterocycles. The first-order valence-corrected chi connectivity index (χ1v) is 13.3. The molecule has 1 saturated carbocycles. The van der Waals surface area contributed by atoms with Crippen molar-refractivity contribution in [2.24, 2.45) is 0 Å². The molecule has 0 amide bonds. The molecule has 3 aromatic rings. The molecule has 2 N–H and O–H groups in total. The number of rotatable bonds is 6. The Morgan fingerprint density at radius 2 is 1.64 bits per heavy atom. The Hall–Kier alpha value is -2.82. The van der Waals surface area contributed by atoms with E-state index in [0.29, 0.717) is 24.1 Å². The summed E-state index contributed by atoms with van der Waals surface area (Å²) >= 11 is 0. The summed E-state index contributed by atoms with van der Waals surface area (Å²) in [5.41, 5.74) is 3.51. The topological polar surface area (TPSA) is 102 Å². The van der Waals surface area contributed by atoms with Crippen LogP contribution in [0.5, 0.6) is 0 Å². The van der Waals surface area contributed by atoms with E-state index in [4.69, 9.17) is 24.4 Å². The van der Waals surface area contributed by atoms with E-state index in [1.807, 2.05) is 36.1 Å². The van der Waals surface area contributed by atoms with E-state index in [0.717, 1.165) is 93.4 Å². The van der Waals surface area contributed by atoms with E-state index in [1.54, 1.807) is 0 Å². The van der Waals surface area contributed by atoms with Gasteiger partial charge in [0.05, 0.1) is 36.7 Å². The second kappa shape index (κ2) is 10.7. The van der Waals surface area contributed by atoms with Gasteiger partial charge in [0.1, 0.15) is 5.52 Å². The Kier molecular flexibility index (Phi) is 6.98. The van der Waals surface area contributed by atoms with Gasteiger partial charge in [0.15, 0.2) is 5.82 Å². The maximum Gasteiger partial charge on any atom is 0.229 e. The smallest absolute Gasteiger partial charge is 0.229 e. The number of hydrogen-bond acceptors (Lipinski definition) is 9. The molecule has 10 nitrogen and oxygen atoms in total. The highest BCUT2D eigenvalue weighted by atomic mass is 16.5. The number of hydrogen-bond donors (Lipinski definition) is 2. The molecule has 10 heteroatoms. The normalized spacial score (nSPS) is 24.1. The van der Waals surface area contributed by atoms with Crippen molar-refractivity contribution in [2.75, 3.05) is 50.2 Å². The zero-order valence-corrected chi connectivity index (χ0v) is 21.0. The van der Waals surface area contributed by atoms with Crippen molar-refractivity contribution in [2.45, 2.75) is 63.6 Å². The largest absolute Gasteiger partial charge is 0.381 e. The van der Waals surface area contributed by atoms with Crippen molar-refractivity contribution in [3.8, 4) is 0 Å². The molecular weight excluding hydrogens is 456 g/mol. The molecule has 36 heavy (non-hydrogen) atoms. The van der Waals surface area contributed by atoms with Crippen LogP contribution in [-0.4, -0.2) is 81.2 Å². The Labute approximate surface area is 211 Å². The summed E-state index contributed by atoms with van der Waals surface area (Å²) in [6, 6.07) is 5.45. The molecule has 2 saturated heterocycles. The molecule has 0 unspecified atom stereocenters. The fourth-order valence-corrected chi connectivity index (χ4v) is 5.67. The summed E-state index contributed by atoms with van der Waals surface area (Å²) < 4.78 is 13.1. The van der Waals surface area contributed by atoms with Crippen molar-refractivity contribution in [1.29, 1.82) is 0 Å². The zero-order chi connectivity index (χ0) is 24.3. The summed E-state index contributed by atoms with van der Waals surface area (Å²) in [6.07, 6.45) is 10.5. The van der Waals surface area contributed by atoms with Crippen molar-refractivity contribution in [3.63, 3.8) is 0 Å². The SMILES string of the molecule is Cc1ccc2nc(Nc3cnn(C4CCOCC4)c3)nc(NC3CCC(N4CCOCC4)CC3)c2n1. The van der Waals surface area contributed by atoms with Gasteiger partial charge in [0.25, 0.3) is 0 Å². The minimum Gasteiger partial charge on any atom is -0.381 e. The summed E-state index contributed by atoms with van der Waals surface area (Å²) in [5.74, 6) is 1.36. The Morgan fingerprint density at radius 1 is 0.861 bits per heavy atom. The Balaban J connectivity index is 1.17. The van der Waals surface area contributed by atoms with Crippen LogP contribution in [0.3, 0.4) is 0 Å². The lowest BCUT2D eigenvalue weighted by molar-refractivity contribution is 0.00791. The van der Waals surface area contributed by atoms with Crippen LogP contribution in [0.15, 0.2) is 24.5 Å². The molecule has 0 atom stereocenters. The van der Waals surface area contributed by atoms with Gasteiger partial charge in [-0.05, 0) is 57.6 Å². The number of ether oxygens (including phenoxy) is 2. The molecule has 5 heterocycles. The summed E-state index contributed by atoms with van der Waals surface area (Å²) in [6.45, 7) is 7.42. The molecule has 3 aromatic heterocycles. The fraction of sp³-hybridized carbons (Fsp3) is 0.615. The molecule has 192 valence electrons. The highest BCUT2D eigenvalue weighted by Gasteiger charge is 2.27. The van der Waals surface area contributed by atoms with Crippen LogP contribution in [0.2, 0.25) is 0 Å². The monoisotopic (exact) mass is 492 g/mol. The number of aryl methyl sites for hydroxylation is 1. The second-order valence-electron chi connectivity index (χ2n) is 10.2. The summed E-state index contributed by atoms with van der Waals surface area (Å²) in [5, 5.41) is 11.7. The summed E-state index contributed by atoms with van der Waals surface area (Å²) in [4.78, 5) is 17.0. The van der Waals surface area contributed by atoms with Gasteiger partial charge in [-0.3, -0.25) is 9.58 Å². The first-order valence-electron chi connectivity index (χ1n) is 13.3. The van der Waals surface area contributed by atoms with E-state index in [1.165, 1.54) is 12.8 Å². The molecule has 6 rings (SSSR count). The third kappa shape index (κ3) is 5.30. The number of pyridine rings is 1. The average molecular weight is 493 g/mol. The molecule has 0 radical (unpaired) electrons. The molecule has 0 spiro atoms. The number of nitrogens with one attached hydrogen (secondary N) is 2. The van der Waals surface area contributed by atoms with E-state index in [9.17, 15) is 0 Å². The number of morpholine rings is 1. The van der Waals surface area contributed by atoms with Gasteiger partial charge in [-0.15, -0.1) is 0 Å². The highest BCUT2D eigenvalue weighted by molar-refractivity contribution is 5.86. The van der Waals surface area contributed by atoms with Gasteiger partial charge >= 0.3 is 0 Å². The van der Waals surface area contributed by atoms with Crippen molar-refractivity contribution in [3.05, 3.63) is 30.2 Å². The lowest BCUT2D eigenvalue weighted by atomic mass is 9.90. The van der Waals surface area contributed by atoms with Crippen LogP contribution in [-0.2, 0) is 9.47 Å². The fourth-order valence-electron chi connectivity index (χ4n) is 5.67. The summed E-state index contributed by atoms with van der Waals surface area (Å²) in [7, 11) is 0. The van der Waals surface area contributed by atoms with Crippen molar-refractivity contribution < 1.29 is 9.47 Å². The lowest BCUT2D eigenvalue weighted by Crippen LogP contribution is -2.46. The van der Waals surface area contributed by atoms with E-state index in [-0.39, 0.29) is 0 Å². The number of anilines is 3. The third-order valence-corrected chi connectivity index (χ3v) is 7.70. The molecule has 0 aromatic carbocycles. The van der Waals surface area contributed by atoms with Crippen molar-refractivity contribution in [1.82, 2.24) is 29.6 Å². The van der Waals surface area contributed by atoms with Gasteiger partial charge in [0.2, 0.25) is 5.95 Å². The van der Waals surface area contributed by atoms with Gasteiger partial charge < -0.3 is 20.1 Å². The zero-order valence-electron chi connectivity index (χ0n) is 21.0. The van der Waals surface area contributed by atoms with Crippen molar-refractivity contribution >= 4 is 28.5 Å². The maximum absolute atomic E-state index is 5.54. The van der Waals surface area contributed by atoms with Gasteiger partial charge in [-0.2, -0.15) is 10.1 Å². The Morgan fingerprint density at radius 3 is 2.44 bits per heavy atom. The standard InChI is InChI=1S/C26H36N8O2/c1-18-2-7-23-24(28-18)25(29-19-3-5-21(6-4-19)33-10-14-36-15-11-33)32-26(31-23)30-20-16-27-34(17-20)22-8-12-35-13-9-22/h2,7,16-17,19,21-22H,3-6,8-15H2,1H3,(H2,29,30,31,32). The first kappa shape index (κ1) is 23.6. The maximum atomic E-state index is 5.54. The molecule has 3 fully saturated rings. The van der Waals surface area contributed by atoms with E-state index < -0.39 is 0 Å². The highest BCUT2D eigenvalue weighted by Crippen LogP contribution is 2.29. The molecular formula is C26H36N8O2. The Bertz CT molecular complexity index is 1160. The number of nitrogens with zero attached hydrogens (tertiary/aromatic N) is 6. The van der Waals surface area contributed by atoms with Crippen LogP contribution in [0.1, 0.15) is 50.3 Å². The number of fused-ring (bicyclic) bond motifs is 1. The lowest BCUT2D eigenvalue weighted by Gasteiger charge is -2.39. The van der Waals surface area contributed by atoms with Crippen LogP contribution < -0.4 is 10.6 Å². The number of aromatic nitrogens is 5. The van der Waals surface area contributed by atoms with Crippen LogP contribution in [0.25, 0.3) is 11.0 Å². The first-order chi connectivity index (χ1) is 17.7. The van der Waals surface area contributed by atoms with Gasteiger partial charge in [-0.1, -0.05) is 0 Å². The molecule has 3 aliphatic rings. The quantitative estimate of drug-likeness (QED) is 0.533. The van der Waals surface area contributed by atoms with Crippen LogP contribution in [0, 0.1) is 6.92 Å². The third-order valence-electron chi connectivity index (χ3n) is 7.70. The van der Waals surface area contributed by atoms with Crippen LogP contribution >= 0.6 is 0 Å². The predicted octanol–water partition coefficient (Wildman–Crippen LogP) is 3.68. The van der Waals surface area contributed by atoms with Crippen LogP contribution in [0.4, 0.5) is 17.5 Å². The minimum absolute atomic E-state index is 0.379. The predicted molar refractivity (Wildman–Crippen MR) is 139 cm³/mol. The van der Waals surface area contributed by atoms with E-state index in [2.05, 4.69) is 20.6 Å². The average Bonchev–Trinajstić information content (AvgIpc) is 3.39. The molecule has 0 bridgehead atoms. The molecule has 1 aliphatic carbocycles. The van der Waals surface area contributed by atoms with Gasteiger partial charge in [-0.25, -0.2) is 9.97 Å².